The van der Waals surface area contributed by atoms with E-state index in [1.165, 1.54) is 29.2 Å². The number of rotatable bonds is 4. The van der Waals surface area contributed by atoms with Crippen LogP contribution in [0.5, 0.6) is 0 Å². The summed E-state index contributed by atoms with van der Waals surface area (Å²) in [5, 5.41) is 12.0. The van der Waals surface area contributed by atoms with Gasteiger partial charge in [-0.3, -0.25) is 0 Å². The van der Waals surface area contributed by atoms with Crippen LogP contribution in [0.2, 0.25) is 0 Å². The van der Waals surface area contributed by atoms with Crippen LogP contribution in [0, 0.1) is 5.82 Å². The van der Waals surface area contributed by atoms with Gasteiger partial charge in [0.15, 0.2) is 11.9 Å². The molecular formula is C26H19F4N6S+. The van der Waals surface area contributed by atoms with Crippen LogP contribution in [0.15, 0.2) is 78.2 Å². The maximum absolute atomic E-state index is 13.9. The molecule has 1 atom stereocenters. The van der Waals surface area contributed by atoms with Crippen molar-refractivity contribution >= 4 is 28.8 Å². The Bertz CT molecular complexity index is 1540. The first kappa shape index (κ1) is 23.4. The van der Waals surface area contributed by atoms with Crippen molar-refractivity contribution in [3.63, 3.8) is 0 Å². The van der Waals surface area contributed by atoms with Crippen molar-refractivity contribution < 1.29 is 22.1 Å². The average Bonchev–Trinajstić information content (AvgIpc) is 3.36. The number of benzene rings is 3. The predicted molar refractivity (Wildman–Crippen MR) is 133 cm³/mol. The Hall–Kier alpha value is -3.99. The van der Waals surface area contributed by atoms with E-state index in [0.29, 0.717) is 11.5 Å². The van der Waals surface area contributed by atoms with E-state index in [1.807, 2.05) is 42.3 Å². The number of nitrogens with zero attached hydrogens (tertiary/aromatic N) is 6. The van der Waals surface area contributed by atoms with Gasteiger partial charge < -0.3 is 0 Å². The molecule has 1 unspecified atom stereocenters. The van der Waals surface area contributed by atoms with Gasteiger partial charge in [-0.2, -0.15) is 13.2 Å². The fraction of sp³-hybridized carbons (Fsp3) is 0.154. The van der Waals surface area contributed by atoms with Gasteiger partial charge in [-0.1, -0.05) is 29.4 Å². The normalized spacial score (nSPS) is 17.1. The fourth-order valence-corrected chi connectivity index (χ4v) is 5.22. The molecule has 1 aromatic heterocycles. The lowest BCUT2D eigenvalue weighted by molar-refractivity contribution is -0.434. The number of aromatic nitrogens is 3. The van der Waals surface area contributed by atoms with Gasteiger partial charge in [-0.15, -0.1) is 10.1 Å². The van der Waals surface area contributed by atoms with E-state index < -0.39 is 11.7 Å². The summed E-state index contributed by atoms with van der Waals surface area (Å²) in [7, 11) is 0. The molecule has 6 rings (SSSR count). The van der Waals surface area contributed by atoms with Crippen molar-refractivity contribution in [2.24, 2.45) is 5.10 Å². The van der Waals surface area contributed by atoms with Gasteiger partial charge >= 0.3 is 11.3 Å². The van der Waals surface area contributed by atoms with Gasteiger partial charge in [0.1, 0.15) is 23.7 Å². The molecule has 3 aromatic carbocycles. The van der Waals surface area contributed by atoms with E-state index in [2.05, 4.69) is 19.8 Å². The van der Waals surface area contributed by atoms with Gasteiger partial charge in [0.2, 0.25) is 0 Å². The Morgan fingerprint density at radius 3 is 2.49 bits per heavy atom. The monoisotopic (exact) mass is 523 g/mol. The van der Waals surface area contributed by atoms with E-state index in [9.17, 15) is 17.6 Å². The molecule has 37 heavy (non-hydrogen) atoms. The quantitative estimate of drug-likeness (QED) is 0.181. The first-order valence-electron chi connectivity index (χ1n) is 11.4. The number of hydrogen-bond acceptors (Lipinski definition) is 5. The number of hydrogen-bond donors (Lipinski definition) is 0. The van der Waals surface area contributed by atoms with Crippen LogP contribution in [0.25, 0.3) is 17.1 Å². The second kappa shape index (κ2) is 8.84. The van der Waals surface area contributed by atoms with E-state index in [4.69, 9.17) is 0 Å². The van der Waals surface area contributed by atoms with E-state index in [0.717, 1.165) is 45.6 Å². The van der Waals surface area contributed by atoms with Crippen molar-refractivity contribution in [1.82, 2.24) is 19.8 Å². The van der Waals surface area contributed by atoms with E-state index in [1.54, 1.807) is 24.0 Å². The highest BCUT2D eigenvalue weighted by Crippen LogP contribution is 2.42. The van der Waals surface area contributed by atoms with Gasteiger partial charge in [0, 0.05) is 22.9 Å². The molecule has 2 aliphatic heterocycles. The molecule has 0 bridgehead atoms. The molecular weight excluding hydrogens is 504 g/mol. The molecule has 0 spiro atoms. The van der Waals surface area contributed by atoms with Gasteiger partial charge in [-0.05, 0) is 55.0 Å². The summed E-state index contributed by atoms with van der Waals surface area (Å²) >= 11 is 1.69. The summed E-state index contributed by atoms with van der Waals surface area (Å²) in [5.74, 6) is 0.980. The summed E-state index contributed by atoms with van der Waals surface area (Å²) in [6.45, 7) is 2.00. The standard InChI is InChI=1S/C26H19F4N6S/c1-16-22-12-20(27)8-11-23(22)34-15-37-25(34)36(16)32-13-17-2-4-18(5-3-17)24-31-14-35(33-24)21-9-6-19(7-10-21)26(28,29)30/h2-14,16H,15H2,1H3/q+1. The molecule has 0 fully saturated rings. The second-order valence-corrected chi connectivity index (χ2v) is 9.54. The third-order valence-corrected chi connectivity index (χ3v) is 7.35. The van der Waals surface area contributed by atoms with Gasteiger partial charge in [-0.25, -0.2) is 18.6 Å². The molecule has 3 heterocycles. The zero-order valence-electron chi connectivity index (χ0n) is 19.4. The molecule has 4 aromatic rings. The lowest BCUT2D eigenvalue weighted by atomic mass is 10.0. The van der Waals surface area contributed by atoms with Crippen LogP contribution in [-0.2, 0) is 6.18 Å². The predicted octanol–water partition coefficient (Wildman–Crippen LogP) is 6.21. The van der Waals surface area contributed by atoms with Gasteiger partial charge in [0.25, 0.3) is 0 Å². The maximum Gasteiger partial charge on any atom is 0.416 e. The number of hydrazone groups is 1. The molecule has 6 nitrogen and oxygen atoms in total. The molecule has 11 heteroatoms. The molecule has 0 N–H and O–H groups in total. The fourth-order valence-electron chi connectivity index (χ4n) is 4.27. The molecule has 0 saturated heterocycles. The topological polar surface area (TPSA) is 49.3 Å². The van der Waals surface area contributed by atoms with Crippen LogP contribution >= 0.6 is 11.8 Å². The average molecular weight is 524 g/mol. The van der Waals surface area contributed by atoms with Crippen LogP contribution in [0.3, 0.4) is 0 Å². The van der Waals surface area contributed by atoms with E-state index >= 15 is 0 Å². The minimum absolute atomic E-state index is 0.112. The van der Waals surface area contributed by atoms with Crippen molar-refractivity contribution in [3.05, 3.63) is 95.6 Å². The molecule has 0 radical (unpaired) electrons. The minimum atomic E-state index is -4.39. The van der Waals surface area contributed by atoms with Crippen molar-refractivity contribution in [1.29, 1.82) is 0 Å². The molecule has 0 amide bonds. The second-order valence-electron chi connectivity index (χ2n) is 8.63. The Morgan fingerprint density at radius 1 is 1.05 bits per heavy atom. The largest absolute Gasteiger partial charge is 0.416 e. The van der Waals surface area contributed by atoms with Crippen LogP contribution in [-0.4, -0.2) is 41.6 Å². The summed E-state index contributed by atoms with van der Waals surface area (Å²) in [5.41, 5.74) is 3.29. The van der Waals surface area contributed by atoms with Crippen molar-refractivity contribution in [3.8, 4) is 17.1 Å². The Labute approximate surface area is 213 Å². The van der Waals surface area contributed by atoms with Gasteiger partial charge in [0.05, 0.1) is 17.5 Å². The lowest BCUT2D eigenvalue weighted by Gasteiger charge is -2.32. The van der Waals surface area contributed by atoms with Crippen LogP contribution < -0.4 is 0 Å². The summed E-state index contributed by atoms with van der Waals surface area (Å²) in [4.78, 5) is 4.29. The highest BCUT2D eigenvalue weighted by molar-refractivity contribution is 8.14. The highest BCUT2D eigenvalue weighted by atomic mass is 32.2. The third kappa shape index (κ3) is 4.29. The number of alkyl halides is 3. The zero-order chi connectivity index (χ0) is 25.7. The first-order valence-corrected chi connectivity index (χ1v) is 12.4. The Kier molecular flexibility index (Phi) is 5.59. The van der Waals surface area contributed by atoms with Crippen molar-refractivity contribution in [2.75, 3.05) is 5.88 Å². The summed E-state index contributed by atoms with van der Waals surface area (Å²) in [6, 6.07) is 17.0. The number of thioether (sulfide) groups is 1. The van der Waals surface area contributed by atoms with Crippen molar-refractivity contribution in [2.45, 2.75) is 19.1 Å². The number of amidine groups is 1. The maximum atomic E-state index is 13.9. The molecule has 0 aliphatic carbocycles. The van der Waals surface area contributed by atoms with E-state index in [-0.39, 0.29) is 11.9 Å². The van der Waals surface area contributed by atoms with Crippen LogP contribution in [0.1, 0.15) is 29.7 Å². The summed E-state index contributed by atoms with van der Waals surface area (Å²) < 4.78 is 55.9. The smallest absolute Gasteiger partial charge is 0.220 e. The molecule has 0 saturated carbocycles. The first-order chi connectivity index (χ1) is 17.8. The number of halogens is 4. The zero-order valence-corrected chi connectivity index (χ0v) is 20.2. The Balaban J connectivity index is 1.19. The Morgan fingerprint density at radius 2 is 1.81 bits per heavy atom. The van der Waals surface area contributed by atoms with Crippen LogP contribution in [0.4, 0.5) is 23.2 Å². The third-order valence-electron chi connectivity index (χ3n) is 6.30. The highest BCUT2D eigenvalue weighted by Gasteiger charge is 2.44. The summed E-state index contributed by atoms with van der Waals surface area (Å²) in [6.07, 6.45) is -1.17. The molecule has 186 valence electrons. The molecule has 2 aliphatic rings. The lowest BCUT2D eigenvalue weighted by Crippen LogP contribution is -2.43. The minimum Gasteiger partial charge on any atom is -0.220 e. The number of fused-ring (bicyclic) bond motifs is 2. The SMILES string of the molecule is CC1c2cc(F)ccc2[N+]2=C(SC2)N1N=Cc1ccc(-c2ncn(-c3ccc(C(F)(F)F)cc3)n2)cc1.